The number of alkyl halides is 3. The first kappa shape index (κ1) is 25.4. The van der Waals surface area contributed by atoms with Gasteiger partial charge in [0, 0.05) is 16.4 Å². The zero-order valence-corrected chi connectivity index (χ0v) is 19.7. The molecule has 0 radical (unpaired) electrons. The van der Waals surface area contributed by atoms with Gasteiger partial charge in [0.2, 0.25) is 5.91 Å². The van der Waals surface area contributed by atoms with Crippen molar-refractivity contribution >= 4 is 28.6 Å². The molecular formula is C22H20F3N6O4S-. The van der Waals surface area contributed by atoms with Gasteiger partial charge in [0.15, 0.2) is 11.6 Å². The molecule has 1 atom stereocenters. The number of amides is 2. The molecule has 0 bridgehead atoms. The minimum Gasteiger partial charge on any atom is -0.768 e. The molecule has 10 nitrogen and oxygen atoms in total. The summed E-state index contributed by atoms with van der Waals surface area (Å²) in [5, 5.41) is 8.62. The largest absolute Gasteiger partial charge is 0.768 e. The molecule has 0 spiro atoms. The highest BCUT2D eigenvalue weighted by Gasteiger charge is 2.37. The first-order chi connectivity index (χ1) is 17.0. The van der Waals surface area contributed by atoms with Crippen LogP contribution in [-0.2, 0) is 35.0 Å². The Morgan fingerprint density at radius 1 is 1.22 bits per heavy atom. The molecule has 4 rings (SSSR count). The van der Waals surface area contributed by atoms with Crippen LogP contribution in [0.2, 0.25) is 0 Å². The molecule has 1 saturated carbocycles. The summed E-state index contributed by atoms with van der Waals surface area (Å²) in [7, 11) is 0. The summed E-state index contributed by atoms with van der Waals surface area (Å²) in [5.74, 6) is -2.57. The minimum atomic E-state index is -4.84. The van der Waals surface area contributed by atoms with Gasteiger partial charge in [0.05, 0.1) is 18.4 Å². The van der Waals surface area contributed by atoms with E-state index in [0.717, 1.165) is 17.5 Å². The molecule has 2 aromatic heterocycles. The van der Waals surface area contributed by atoms with Crippen LogP contribution >= 0.6 is 0 Å². The van der Waals surface area contributed by atoms with E-state index in [1.165, 1.54) is 36.5 Å². The Kier molecular flexibility index (Phi) is 7.17. The Labute approximate surface area is 205 Å². The summed E-state index contributed by atoms with van der Waals surface area (Å²) < 4.78 is 63.4. The zero-order valence-electron chi connectivity index (χ0n) is 18.8. The summed E-state index contributed by atoms with van der Waals surface area (Å²) in [6, 6.07) is 6.92. The quantitative estimate of drug-likeness (QED) is 0.434. The number of hydrogen-bond donors (Lipinski definition) is 2. The van der Waals surface area contributed by atoms with Crippen molar-refractivity contribution in [3.8, 4) is 5.82 Å². The molecule has 1 aromatic carbocycles. The van der Waals surface area contributed by atoms with Crippen LogP contribution in [-0.4, -0.2) is 40.3 Å². The van der Waals surface area contributed by atoms with Crippen molar-refractivity contribution in [2.45, 2.75) is 43.8 Å². The van der Waals surface area contributed by atoms with Crippen molar-refractivity contribution < 1.29 is 31.5 Å². The van der Waals surface area contributed by atoms with E-state index in [2.05, 4.69) is 25.7 Å². The molecule has 0 aliphatic heterocycles. The van der Waals surface area contributed by atoms with Gasteiger partial charge in [-0.15, -0.1) is 5.10 Å². The summed E-state index contributed by atoms with van der Waals surface area (Å²) in [5.41, 5.74) is 1.01. The maximum absolute atomic E-state index is 13.3. The van der Waals surface area contributed by atoms with Gasteiger partial charge in [-0.2, -0.15) is 17.9 Å². The molecule has 0 saturated heterocycles. The van der Waals surface area contributed by atoms with Crippen LogP contribution in [0.25, 0.3) is 5.82 Å². The molecule has 2 heterocycles. The van der Waals surface area contributed by atoms with Crippen LogP contribution < -0.4 is 10.6 Å². The number of nitrogens with one attached hydrogen (secondary N) is 2. The molecule has 1 aliphatic carbocycles. The maximum Gasteiger partial charge on any atom is 0.453 e. The fraction of sp³-hybridized carbons (Fsp3) is 0.318. The van der Waals surface area contributed by atoms with Gasteiger partial charge in [0.25, 0.3) is 11.7 Å². The van der Waals surface area contributed by atoms with E-state index in [1.807, 2.05) is 0 Å². The Bertz CT molecular complexity index is 1320. The minimum absolute atomic E-state index is 0.0105. The number of benzene rings is 1. The van der Waals surface area contributed by atoms with E-state index in [-0.39, 0.29) is 33.9 Å². The first-order valence-electron chi connectivity index (χ1n) is 10.9. The summed E-state index contributed by atoms with van der Waals surface area (Å²) in [4.78, 5) is 32.1. The summed E-state index contributed by atoms with van der Waals surface area (Å²) >= 11 is -2.56. The van der Waals surface area contributed by atoms with Crippen molar-refractivity contribution in [2.75, 3.05) is 5.32 Å². The lowest BCUT2D eigenvalue weighted by Crippen LogP contribution is -2.25. The molecule has 14 heteroatoms. The second kappa shape index (κ2) is 10.1. The van der Waals surface area contributed by atoms with Crippen molar-refractivity contribution in [1.29, 1.82) is 0 Å². The van der Waals surface area contributed by atoms with E-state index in [0.29, 0.717) is 17.7 Å². The second-order valence-corrected chi connectivity index (χ2v) is 9.01. The average molecular weight is 522 g/mol. The van der Waals surface area contributed by atoms with E-state index in [4.69, 9.17) is 0 Å². The normalized spacial score (nSPS) is 14.4. The molecule has 1 unspecified atom stereocenters. The predicted octanol–water partition coefficient (Wildman–Crippen LogP) is 2.76. The smallest absolute Gasteiger partial charge is 0.453 e. The van der Waals surface area contributed by atoms with Crippen LogP contribution in [0.4, 0.5) is 18.9 Å². The lowest BCUT2D eigenvalue weighted by atomic mass is 10.1. The van der Waals surface area contributed by atoms with Crippen LogP contribution in [0.5, 0.6) is 0 Å². The molecule has 2 N–H and O–H groups in total. The molecule has 36 heavy (non-hydrogen) atoms. The van der Waals surface area contributed by atoms with Crippen LogP contribution in [0, 0.1) is 5.92 Å². The van der Waals surface area contributed by atoms with Crippen molar-refractivity contribution in [3.63, 3.8) is 0 Å². The van der Waals surface area contributed by atoms with Gasteiger partial charge in [0.1, 0.15) is 0 Å². The Hall–Kier alpha value is -3.65. The monoisotopic (exact) mass is 521 g/mol. The van der Waals surface area contributed by atoms with Gasteiger partial charge < -0.3 is 15.2 Å². The number of pyridine rings is 1. The average Bonchev–Trinajstić information content (AvgIpc) is 3.61. The lowest BCUT2D eigenvalue weighted by Gasteiger charge is -2.11. The van der Waals surface area contributed by atoms with E-state index < -0.39 is 35.5 Å². The molecular weight excluding hydrogens is 501 g/mol. The van der Waals surface area contributed by atoms with E-state index in [1.54, 1.807) is 6.92 Å². The van der Waals surface area contributed by atoms with Crippen LogP contribution in [0.15, 0.2) is 41.4 Å². The Morgan fingerprint density at radius 3 is 2.56 bits per heavy atom. The lowest BCUT2D eigenvalue weighted by molar-refractivity contribution is -0.144. The summed E-state index contributed by atoms with van der Waals surface area (Å²) in [6.45, 7) is 1.33. The number of aromatic nitrogens is 4. The van der Waals surface area contributed by atoms with Gasteiger partial charge in [-0.25, -0.2) is 9.97 Å². The molecule has 190 valence electrons. The second-order valence-electron chi connectivity index (χ2n) is 8.07. The van der Waals surface area contributed by atoms with E-state index >= 15 is 0 Å². The topological polar surface area (TPSA) is 142 Å². The molecule has 3 aromatic rings. The third-order valence-corrected chi connectivity index (χ3v) is 5.97. The highest BCUT2D eigenvalue weighted by Crippen LogP contribution is 2.30. The number of rotatable bonds is 8. The molecule has 1 fully saturated rings. The predicted molar refractivity (Wildman–Crippen MR) is 120 cm³/mol. The summed E-state index contributed by atoms with van der Waals surface area (Å²) in [6.07, 6.45) is -1.47. The van der Waals surface area contributed by atoms with Gasteiger partial charge >= 0.3 is 6.18 Å². The highest BCUT2D eigenvalue weighted by atomic mass is 32.2. The fourth-order valence-corrected chi connectivity index (χ4v) is 3.76. The van der Waals surface area contributed by atoms with Crippen molar-refractivity contribution in [1.82, 2.24) is 25.1 Å². The number of carbonyl (C=O) groups is 2. The van der Waals surface area contributed by atoms with Crippen molar-refractivity contribution in [3.05, 3.63) is 59.3 Å². The first-order valence-corrected chi connectivity index (χ1v) is 11.9. The van der Waals surface area contributed by atoms with Crippen LogP contribution in [0.3, 0.4) is 0 Å². The number of halogens is 3. The third-order valence-electron chi connectivity index (χ3n) is 5.34. The molecule has 1 aliphatic rings. The third kappa shape index (κ3) is 5.94. The Balaban J connectivity index is 1.56. The number of anilines is 1. The fourth-order valence-electron chi connectivity index (χ4n) is 3.29. The standard InChI is InChI=1S/C22H21F3N6O4S/c1-2-12-7-14(9-16(8-12)36(34)35)19(32)27-11-18-29-21(22(23,24)25)30-31(18)17-6-5-15(10-26-17)28-20(33)13-3-4-13/h5-10,13H,2-4,11H2,1H3,(H,27,32)(H,28,33)(H,34,35)/p-1. The van der Waals surface area contributed by atoms with Crippen molar-refractivity contribution in [2.24, 2.45) is 5.92 Å². The maximum atomic E-state index is 13.3. The number of carbonyl (C=O) groups excluding carboxylic acids is 2. The van der Waals surface area contributed by atoms with Gasteiger partial charge in [-0.05, 0) is 66.2 Å². The van der Waals surface area contributed by atoms with E-state index in [9.17, 15) is 31.5 Å². The number of nitrogens with zero attached hydrogens (tertiary/aromatic N) is 4. The number of hydrogen-bond acceptors (Lipinski definition) is 7. The van der Waals surface area contributed by atoms with Gasteiger partial charge in [-0.3, -0.25) is 13.8 Å². The zero-order chi connectivity index (χ0) is 26.0. The van der Waals surface area contributed by atoms with Crippen LogP contribution in [0.1, 0.15) is 47.3 Å². The highest BCUT2D eigenvalue weighted by molar-refractivity contribution is 7.79. The van der Waals surface area contributed by atoms with Gasteiger partial charge in [-0.1, -0.05) is 6.92 Å². The number of aryl methyl sites for hydroxylation is 1. The SMILES string of the molecule is CCc1cc(C(=O)NCc2nc(C(F)(F)F)nn2-c2ccc(NC(=O)C3CC3)cn2)cc(S(=O)[O-])c1. The Morgan fingerprint density at radius 2 is 1.97 bits per heavy atom. The molecule has 2 amide bonds.